The number of benzene rings is 2. The van der Waals surface area contributed by atoms with E-state index in [1.165, 1.54) is 23.2 Å². The molecule has 1 fully saturated rings. The van der Waals surface area contributed by atoms with E-state index in [1.54, 1.807) is 36.5 Å². The molecule has 35 heavy (non-hydrogen) atoms. The Kier molecular flexibility index (Phi) is 6.89. The predicted octanol–water partition coefficient (Wildman–Crippen LogP) is 6.02. The minimum absolute atomic E-state index is 0.0854. The van der Waals surface area contributed by atoms with Gasteiger partial charge in [0.05, 0.1) is 23.2 Å². The van der Waals surface area contributed by atoms with E-state index < -0.39 is 23.5 Å². The van der Waals surface area contributed by atoms with Crippen LogP contribution in [-0.2, 0) is 9.59 Å². The first-order valence-corrected chi connectivity index (χ1v) is 11.6. The number of hydrogen-bond donors (Lipinski definition) is 1. The van der Waals surface area contributed by atoms with Crippen LogP contribution < -0.4 is 9.64 Å². The predicted molar refractivity (Wildman–Crippen MR) is 132 cm³/mol. The maximum atomic E-state index is 13.8. The average Bonchev–Trinajstić information content (AvgIpc) is 3.11. The zero-order chi connectivity index (χ0) is 25.3. The number of rotatable bonds is 6. The van der Waals surface area contributed by atoms with Gasteiger partial charge in [0.1, 0.15) is 17.3 Å². The van der Waals surface area contributed by atoms with E-state index in [-0.39, 0.29) is 28.0 Å². The van der Waals surface area contributed by atoms with E-state index in [9.17, 15) is 19.1 Å². The first-order chi connectivity index (χ1) is 16.7. The van der Waals surface area contributed by atoms with Crippen molar-refractivity contribution in [1.82, 2.24) is 4.98 Å². The number of ether oxygens (including phenoxy) is 1. The Morgan fingerprint density at radius 3 is 2.60 bits per heavy atom. The molecule has 2 heterocycles. The van der Waals surface area contributed by atoms with Crippen molar-refractivity contribution in [3.8, 4) is 5.75 Å². The number of hydrogen-bond acceptors (Lipinski definition) is 5. The van der Waals surface area contributed by atoms with Crippen molar-refractivity contribution in [2.45, 2.75) is 32.7 Å². The molecular formula is C27H24ClFN2O4. The molecule has 1 atom stereocenters. The van der Waals surface area contributed by atoms with Gasteiger partial charge in [-0.3, -0.25) is 19.5 Å². The van der Waals surface area contributed by atoms with Crippen molar-refractivity contribution in [3.63, 3.8) is 0 Å². The monoisotopic (exact) mass is 494 g/mol. The molecule has 1 unspecified atom stereocenters. The highest BCUT2D eigenvalue weighted by Gasteiger charge is 2.47. The largest absolute Gasteiger partial charge is 0.507 e. The second kappa shape index (κ2) is 9.88. The number of aliphatic hydroxyl groups excluding tert-OH is 1. The number of carbonyl (C=O) groups is 2. The number of aromatic nitrogens is 1. The van der Waals surface area contributed by atoms with Crippen molar-refractivity contribution in [2.24, 2.45) is 0 Å². The Hall–Kier alpha value is -3.71. The third kappa shape index (κ3) is 4.51. The fraction of sp³-hybridized carbons (Fsp3) is 0.222. The van der Waals surface area contributed by atoms with Crippen molar-refractivity contribution in [1.29, 1.82) is 0 Å². The lowest BCUT2D eigenvalue weighted by Crippen LogP contribution is -2.29. The fourth-order valence-electron chi connectivity index (χ4n) is 4.18. The molecule has 1 aliphatic heterocycles. The van der Waals surface area contributed by atoms with Gasteiger partial charge in [0.2, 0.25) is 0 Å². The van der Waals surface area contributed by atoms with E-state index >= 15 is 0 Å². The Bertz CT molecular complexity index is 1320. The number of Topliss-reactive ketones (excluding diaryl/α,β-unsaturated/α-hetero) is 1. The zero-order valence-corrected chi connectivity index (χ0v) is 20.2. The molecule has 8 heteroatoms. The number of pyridine rings is 1. The molecule has 0 spiro atoms. The summed E-state index contributed by atoms with van der Waals surface area (Å²) < 4.78 is 19.5. The third-order valence-electron chi connectivity index (χ3n) is 5.83. The maximum absolute atomic E-state index is 13.8. The summed E-state index contributed by atoms with van der Waals surface area (Å²) in [6.07, 6.45) is 3.07. The number of anilines is 1. The second-order valence-corrected chi connectivity index (χ2v) is 8.80. The lowest BCUT2D eigenvalue weighted by Gasteiger charge is -2.25. The molecule has 0 aliphatic carbocycles. The molecule has 0 saturated carbocycles. The highest BCUT2D eigenvalue weighted by Crippen LogP contribution is 2.43. The molecule has 3 aromatic rings. The van der Waals surface area contributed by atoms with Crippen LogP contribution >= 0.6 is 11.6 Å². The summed E-state index contributed by atoms with van der Waals surface area (Å²) in [5.41, 5.74) is 1.86. The van der Waals surface area contributed by atoms with Crippen LogP contribution in [0.15, 0.2) is 66.5 Å². The van der Waals surface area contributed by atoms with Gasteiger partial charge < -0.3 is 9.84 Å². The summed E-state index contributed by atoms with van der Waals surface area (Å²) in [4.78, 5) is 31.8. The van der Waals surface area contributed by atoms with Gasteiger partial charge in [0.15, 0.2) is 0 Å². The Labute approximate surface area is 207 Å². The smallest absolute Gasteiger partial charge is 0.300 e. The minimum atomic E-state index is -0.987. The minimum Gasteiger partial charge on any atom is -0.507 e. The Morgan fingerprint density at radius 1 is 1.20 bits per heavy atom. The number of amides is 1. The van der Waals surface area contributed by atoms with Crippen LogP contribution in [0.2, 0.25) is 5.02 Å². The average molecular weight is 495 g/mol. The van der Waals surface area contributed by atoms with Gasteiger partial charge in [0.25, 0.3) is 11.7 Å². The number of carbonyl (C=O) groups excluding carboxylic acids is 2. The molecule has 1 aliphatic rings. The van der Waals surface area contributed by atoms with E-state index in [0.717, 1.165) is 11.6 Å². The highest BCUT2D eigenvalue weighted by molar-refractivity contribution is 6.51. The normalized spacial score (nSPS) is 17.3. The van der Waals surface area contributed by atoms with E-state index in [2.05, 4.69) is 4.98 Å². The molecule has 4 rings (SSSR count). The summed E-state index contributed by atoms with van der Waals surface area (Å²) in [5, 5.41) is 11.2. The SMILES string of the molecule is CCOc1ccc(/C(O)=C2/C(=O)C(=O)N(c3ccc(F)c(Cl)c3)C2c2cccnc2)cc1C(C)C. The molecule has 0 radical (unpaired) electrons. The molecule has 1 saturated heterocycles. The van der Waals surface area contributed by atoms with E-state index in [1.807, 2.05) is 20.8 Å². The van der Waals surface area contributed by atoms with Gasteiger partial charge >= 0.3 is 0 Å². The molecule has 6 nitrogen and oxygen atoms in total. The molecule has 2 aromatic carbocycles. The van der Waals surface area contributed by atoms with Gasteiger partial charge in [-0.15, -0.1) is 0 Å². The van der Waals surface area contributed by atoms with Gasteiger partial charge in [-0.2, -0.15) is 0 Å². The van der Waals surface area contributed by atoms with Crippen LogP contribution in [0.3, 0.4) is 0 Å². The first kappa shape index (κ1) is 24.4. The van der Waals surface area contributed by atoms with Gasteiger partial charge in [-0.25, -0.2) is 4.39 Å². The summed E-state index contributed by atoms with van der Waals surface area (Å²) >= 11 is 5.97. The molecular weight excluding hydrogens is 471 g/mol. The Balaban J connectivity index is 1.92. The van der Waals surface area contributed by atoms with Gasteiger partial charge in [-0.1, -0.05) is 31.5 Å². The van der Waals surface area contributed by atoms with E-state index in [4.69, 9.17) is 16.3 Å². The van der Waals surface area contributed by atoms with Crippen molar-refractivity contribution >= 4 is 34.7 Å². The molecule has 1 amide bonds. The molecule has 180 valence electrons. The standard InChI is InChI=1S/C27H24ClFN2O4/c1-4-35-22-10-7-16(12-19(22)15(2)3)25(32)23-24(17-6-5-11-30-14-17)31(27(34)26(23)33)18-8-9-21(29)20(28)13-18/h5-15,24,32H,4H2,1-3H3/b25-23-. The summed E-state index contributed by atoms with van der Waals surface area (Å²) in [6.45, 7) is 6.36. The number of ketones is 1. The van der Waals surface area contributed by atoms with Crippen LogP contribution in [0.4, 0.5) is 10.1 Å². The molecule has 1 N–H and O–H groups in total. The molecule has 0 bridgehead atoms. The Morgan fingerprint density at radius 2 is 1.97 bits per heavy atom. The zero-order valence-electron chi connectivity index (χ0n) is 19.5. The lowest BCUT2D eigenvalue weighted by atomic mass is 9.93. The summed E-state index contributed by atoms with van der Waals surface area (Å²) in [7, 11) is 0. The van der Waals surface area contributed by atoms with Crippen LogP contribution in [-0.4, -0.2) is 28.4 Å². The lowest BCUT2D eigenvalue weighted by molar-refractivity contribution is -0.132. The van der Waals surface area contributed by atoms with E-state index in [0.29, 0.717) is 23.5 Å². The summed E-state index contributed by atoms with van der Waals surface area (Å²) in [6, 6.07) is 11.3. The first-order valence-electron chi connectivity index (χ1n) is 11.2. The number of halogens is 2. The second-order valence-electron chi connectivity index (χ2n) is 8.39. The maximum Gasteiger partial charge on any atom is 0.300 e. The number of aliphatic hydroxyl groups is 1. The van der Waals surface area contributed by atoms with Crippen LogP contribution in [0.25, 0.3) is 5.76 Å². The quantitative estimate of drug-likeness (QED) is 0.257. The summed E-state index contributed by atoms with van der Waals surface area (Å²) in [5.74, 6) is -1.93. The third-order valence-corrected chi connectivity index (χ3v) is 6.12. The molecule has 1 aromatic heterocycles. The fourth-order valence-corrected chi connectivity index (χ4v) is 4.35. The number of nitrogens with zero attached hydrogens (tertiary/aromatic N) is 2. The van der Waals surface area contributed by atoms with Crippen molar-refractivity contribution in [2.75, 3.05) is 11.5 Å². The van der Waals surface area contributed by atoms with Crippen LogP contribution in [0.5, 0.6) is 5.75 Å². The van der Waals surface area contributed by atoms with Crippen molar-refractivity contribution in [3.05, 3.63) is 94.0 Å². The van der Waals surface area contributed by atoms with Gasteiger partial charge in [-0.05, 0) is 66.4 Å². The van der Waals surface area contributed by atoms with Crippen LogP contribution in [0.1, 0.15) is 49.4 Å². The van der Waals surface area contributed by atoms with Gasteiger partial charge in [0, 0.05) is 23.6 Å². The highest BCUT2D eigenvalue weighted by atomic mass is 35.5. The van der Waals surface area contributed by atoms with Crippen molar-refractivity contribution < 1.29 is 23.8 Å². The van der Waals surface area contributed by atoms with Crippen LogP contribution in [0, 0.1) is 5.82 Å². The topological polar surface area (TPSA) is 79.7 Å².